The zero-order chi connectivity index (χ0) is 16.7. The monoisotopic (exact) mass is 316 g/mol. The van der Waals surface area contributed by atoms with Crippen molar-refractivity contribution in [2.45, 2.75) is 12.8 Å². The summed E-state index contributed by atoms with van der Waals surface area (Å²) in [7, 11) is 5.88. The number of nitrogens with zero attached hydrogens (tertiary/aromatic N) is 3. The molecule has 0 spiro atoms. The fourth-order valence-electron chi connectivity index (χ4n) is 2.06. The molecule has 0 aliphatic carbocycles. The van der Waals surface area contributed by atoms with Gasteiger partial charge in [-0.2, -0.15) is 5.10 Å². The van der Waals surface area contributed by atoms with Crippen LogP contribution in [0.3, 0.4) is 0 Å². The van der Waals surface area contributed by atoms with Crippen LogP contribution in [0.15, 0.2) is 36.7 Å². The summed E-state index contributed by atoms with van der Waals surface area (Å²) in [4.78, 5) is 14.0. The summed E-state index contributed by atoms with van der Waals surface area (Å²) in [6.45, 7) is 1.51. The van der Waals surface area contributed by atoms with E-state index in [0.29, 0.717) is 19.4 Å². The first-order valence-corrected chi connectivity index (χ1v) is 7.68. The maximum atomic E-state index is 11.9. The molecule has 0 fully saturated rings. The molecule has 124 valence electrons. The average Bonchev–Trinajstić information content (AvgIpc) is 2.92. The van der Waals surface area contributed by atoms with E-state index in [2.05, 4.69) is 15.3 Å². The summed E-state index contributed by atoms with van der Waals surface area (Å²) >= 11 is 0. The van der Waals surface area contributed by atoms with Gasteiger partial charge < -0.3 is 15.0 Å². The van der Waals surface area contributed by atoms with E-state index >= 15 is 0 Å². The Balaban J connectivity index is 1.75. The molecule has 0 bridgehead atoms. The van der Waals surface area contributed by atoms with Crippen molar-refractivity contribution in [1.29, 1.82) is 0 Å². The van der Waals surface area contributed by atoms with E-state index in [1.54, 1.807) is 10.9 Å². The predicted octanol–water partition coefficient (Wildman–Crippen LogP) is 1.93. The van der Waals surface area contributed by atoms with Crippen molar-refractivity contribution in [1.82, 2.24) is 14.7 Å². The highest BCUT2D eigenvalue weighted by molar-refractivity contribution is 5.90. The second-order valence-corrected chi connectivity index (χ2v) is 5.75. The zero-order valence-corrected chi connectivity index (χ0v) is 14.0. The molecule has 6 nitrogen and oxygen atoms in total. The number of amides is 1. The van der Waals surface area contributed by atoms with Gasteiger partial charge in [0.2, 0.25) is 5.91 Å². The number of aryl methyl sites for hydroxylation is 2. The first-order valence-electron chi connectivity index (χ1n) is 7.68. The number of aromatic nitrogens is 2. The minimum Gasteiger partial charge on any atom is -0.492 e. The van der Waals surface area contributed by atoms with Gasteiger partial charge in [0, 0.05) is 31.9 Å². The molecule has 0 aliphatic rings. The Labute approximate surface area is 137 Å². The lowest BCUT2D eigenvalue weighted by atomic mass is 10.2. The van der Waals surface area contributed by atoms with Crippen molar-refractivity contribution in [2.75, 3.05) is 32.6 Å². The van der Waals surface area contributed by atoms with Gasteiger partial charge in [-0.3, -0.25) is 9.48 Å². The molecule has 6 heteroatoms. The van der Waals surface area contributed by atoms with E-state index < -0.39 is 0 Å². The number of anilines is 1. The van der Waals surface area contributed by atoms with Crippen LogP contribution in [0, 0.1) is 0 Å². The summed E-state index contributed by atoms with van der Waals surface area (Å²) in [5, 5.41) is 6.98. The number of likely N-dealkylation sites (N-methyl/N-ethyl adjacent to an activating group) is 1. The lowest BCUT2D eigenvalue weighted by molar-refractivity contribution is -0.116. The van der Waals surface area contributed by atoms with Gasteiger partial charge in [0.15, 0.2) is 0 Å². The smallest absolute Gasteiger partial charge is 0.224 e. The Morgan fingerprint density at radius 1 is 1.30 bits per heavy atom. The first-order chi connectivity index (χ1) is 11.0. The first kappa shape index (κ1) is 17.0. The minimum atomic E-state index is -0.00451. The predicted molar refractivity (Wildman–Crippen MR) is 90.6 cm³/mol. The van der Waals surface area contributed by atoms with E-state index in [1.165, 1.54) is 0 Å². The number of carbonyl (C=O) groups is 1. The second-order valence-electron chi connectivity index (χ2n) is 5.75. The normalized spacial score (nSPS) is 10.8. The molecule has 1 amide bonds. The Kier molecular flexibility index (Phi) is 6.17. The molecular weight excluding hydrogens is 292 g/mol. The van der Waals surface area contributed by atoms with Crippen molar-refractivity contribution in [2.24, 2.45) is 7.05 Å². The van der Waals surface area contributed by atoms with Gasteiger partial charge in [-0.05, 0) is 50.3 Å². The van der Waals surface area contributed by atoms with Crippen molar-refractivity contribution in [3.63, 3.8) is 0 Å². The van der Waals surface area contributed by atoms with E-state index in [9.17, 15) is 4.79 Å². The van der Waals surface area contributed by atoms with Gasteiger partial charge in [0.25, 0.3) is 0 Å². The third kappa shape index (κ3) is 6.12. The van der Waals surface area contributed by atoms with Gasteiger partial charge in [-0.25, -0.2) is 0 Å². The maximum Gasteiger partial charge on any atom is 0.224 e. The molecule has 1 N–H and O–H groups in total. The van der Waals surface area contributed by atoms with E-state index in [-0.39, 0.29) is 5.91 Å². The Hall–Kier alpha value is -2.34. The molecular formula is C17H24N4O2. The number of rotatable bonds is 8. The van der Waals surface area contributed by atoms with E-state index in [1.807, 2.05) is 51.6 Å². The fourth-order valence-corrected chi connectivity index (χ4v) is 2.06. The average molecular weight is 316 g/mol. The van der Waals surface area contributed by atoms with Gasteiger partial charge in [0.1, 0.15) is 12.4 Å². The number of hydrogen-bond donors (Lipinski definition) is 1. The van der Waals surface area contributed by atoms with Gasteiger partial charge in [-0.15, -0.1) is 0 Å². The Morgan fingerprint density at radius 2 is 2.04 bits per heavy atom. The van der Waals surface area contributed by atoms with E-state index in [0.717, 1.165) is 23.5 Å². The van der Waals surface area contributed by atoms with Crippen LogP contribution in [0.2, 0.25) is 0 Å². The number of carbonyl (C=O) groups excluding carboxylic acids is 1. The largest absolute Gasteiger partial charge is 0.492 e. The summed E-state index contributed by atoms with van der Waals surface area (Å²) < 4.78 is 7.36. The Morgan fingerprint density at radius 3 is 2.65 bits per heavy atom. The van der Waals surface area contributed by atoms with Crippen LogP contribution in [0.5, 0.6) is 5.75 Å². The van der Waals surface area contributed by atoms with Crippen LogP contribution in [-0.2, 0) is 18.3 Å². The van der Waals surface area contributed by atoms with E-state index in [4.69, 9.17) is 4.74 Å². The van der Waals surface area contributed by atoms with Crippen LogP contribution in [0.1, 0.15) is 12.0 Å². The van der Waals surface area contributed by atoms with Crippen molar-refractivity contribution in [3.05, 3.63) is 42.2 Å². The number of nitrogens with one attached hydrogen (secondary N) is 1. The summed E-state index contributed by atoms with van der Waals surface area (Å²) in [6, 6.07) is 7.44. The zero-order valence-electron chi connectivity index (χ0n) is 14.0. The van der Waals surface area contributed by atoms with Crippen LogP contribution >= 0.6 is 0 Å². The molecule has 0 unspecified atom stereocenters. The SMILES string of the molecule is CN(C)CCOc1ccc(NC(=O)CCc2cnn(C)c2)cc1. The number of ether oxygens (including phenoxy) is 1. The molecule has 1 aromatic heterocycles. The van der Waals surface area contributed by atoms with Crippen molar-refractivity contribution >= 4 is 11.6 Å². The van der Waals surface area contributed by atoms with Crippen molar-refractivity contribution in [3.8, 4) is 5.75 Å². The molecule has 0 aliphatic heterocycles. The van der Waals surface area contributed by atoms with Crippen LogP contribution in [-0.4, -0.2) is 47.8 Å². The van der Waals surface area contributed by atoms with Crippen LogP contribution in [0.25, 0.3) is 0 Å². The number of hydrogen-bond acceptors (Lipinski definition) is 4. The molecule has 23 heavy (non-hydrogen) atoms. The fraction of sp³-hybridized carbons (Fsp3) is 0.412. The molecule has 0 saturated carbocycles. The third-order valence-corrected chi connectivity index (χ3v) is 3.34. The molecule has 1 heterocycles. The second kappa shape index (κ2) is 8.33. The standard InChI is InChI=1S/C17H24N4O2/c1-20(2)10-11-23-16-7-5-15(6-8-16)19-17(22)9-4-14-12-18-21(3)13-14/h5-8,12-13H,4,9-11H2,1-3H3,(H,19,22). The Bertz CT molecular complexity index is 620. The molecule has 0 atom stereocenters. The topological polar surface area (TPSA) is 59.4 Å². The molecule has 2 aromatic rings. The summed E-state index contributed by atoms with van der Waals surface area (Å²) in [6.07, 6.45) is 4.83. The lowest BCUT2D eigenvalue weighted by Crippen LogP contribution is -2.19. The molecule has 2 rings (SSSR count). The van der Waals surface area contributed by atoms with Gasteiger partial charge in [0.05, 0.1) is 6.20 Å². The van der Waals surface area contributed by atoms with Gasteiger partial charge >= 0.3 is 0 Å². The lowest BCUT2D eigenvalue weighted by Gasteiger charge is -2.11. The molecule has 0 saturated heterocycles. The third-order valence-electron chi connectivity index (χ3n) is 3.34. The summed E-state index contributed by atoms with van der Waals surface area (Å²) in [5.41, 5.74) is 1.84. The van der Waals surface area contributed by atoms with Crippen LogP contribution in [0.4, 0.5) is 5.69 Å². The highest BCUT2D eigenvalue weighted by atomic mass is 16.5. The van der Waals surface area contributed by atoms with Gasteiger partial charge in [-0.1, -0.05) is 0 Å². The van der Waals surface area contributed by atoms with Crippen LogP contribution < -0.4 is 10.1 Å². The molecule has 0 radical (unpaired) electrons. The maximum absolute atomic E-state index is 11.9. The quantitative estimate of drug-likeness (QED) is 0.808. The highest BCUT2D eigenvalue weighted by Gasteiger charge is 2.05. The summed E-state index contributed by atoms with van der Waals surface area (Å²) in [5.74, 6) is 0.801. The van der Waals surface area contributed by atoms with Crippen molar-refractivity contribution < 1.29 is 9.53 Å². The highest BCUT2D eigenvalue weighted by Crippen LogP contribution is 2.16. The number of benzene rings is 1. The molecule has 1 aromatic carbocycles. The minimum absolute atomic E-state index is 0.00451.